The second kappa shape index (κ2) is 5.11. The van der Waals surface area contributed by atoms with Gasteiger partial charge in [0.2, 0.25) is 11.8 Å². The second-order valence-corrected chi connectivity index (χ2v) is 6.46. The van der Waals surface area contributed by atoms with Gasteiger partial charge in [0.25, 0.3) is 0 Å². The number of piperazine rings is 1. The fourth-order valence-corrected chi connectivity index (χ4v) is 3.53. The Kier molecular flexibility index (Phi) is 3.41. The van der Waals surface area contributed by atoms with Crippen LogP contribution in [-0.4, -0.2) is 45.7 Å². The molecule has 1 saturated heterocycles. The van der Waals surface area contributed by atoms with E-state index in [-0.39, 0.29) is 11.8 Å². The lowest BCUT2D eigenvalue weighted by Gasteiger charge is -2.40. The number of benzene rings is 1. The number of para-hydroxylation sites is 1. The highest BCUT2D eigenvalue weighted by Gasteiger charge is 2.40. The van der Waals surface area contributed by atoms with E-state index in [0.29, 0.717) is 6.54 Å². The number of fused-ring (bicyclic) bond motifs is 1. The van der Waals surface area contributed by atoms with E-state index in [1.807, 2.05) is 24.3 Å². The molecule has 0 saturated carbocycles. The molecule has 0 N–H and O–H groups in total. The van der Waals surface area contributed by atoms with Crippen LogP contribution in [0.2, 0.25) is 0 Å². The van der Waals surface area contributed by atoms with Gasteiger partial charge in [-0.25, -0.2) is 4.98 Å². The van der Waals surface area contributed by atoms with Gasteiger partial charge in [-0.05, 0) is 26.0 Å². The Labute approximate surface area is 127 Å². The van der Waals surface area contributed by atoms with E-state index in [1.165, 1.54) is 4.90 Å². The maximum atomic E-state index is 12.4. The molecular formula is C15H17N3O2S. The summed E-state index contributed by atoms with van der Waals surface area (Å²) < 4.78 is 1.10. The number of likely N-dealkylation sites (N-methyl/N-ethyl adjacent to an activating group) is 1. The Morgan fingerprint density at radius 3 is 2.57 bits per heavy atom. The first-order valence-electron chi connectivity index (χ1n) is 6.90. The zero-order valence-corrected chi connectivity index (χ0v) is 13.1. The van der Waals surface area contributed by atoms with Crippen molar-refractivity contribution in [1.29, 1.82) is 0 Å². The molecule has 0 radical (unpaired) electrons. The Balaban J connectivity index is 1.89. The monoisotopic (exact) mass is 303 g/mol. The molecule has 0 spiro atoms. The van der Waals surface area contributed by atoms with Gasteiger partial charge in [0, 0.05) is 7.05 Å². The van der Waals surface area contributed by atoms with Crippen LogP contribution in [0.4, 0.5) is 0 Å². The van der Waals surface area contributed by atoms with Gasteiger partial charge in [-0.3, -0.25) is 9.59 Å². The number of rotatable bonds is 2. The quantitative estimate of drug-likeness (QED) is 0.851. The molecule has 1 aliphatic rings. The molecule has 1 fully saturated rings. The molecular weight excluding hydrogens is 286 g/mol. The van der Waals surface area contributed by atoms with Gasteiger partial charge in [-0.1, -0.05) is 12.1 Å². The molecule has 3 rings (SSSR count). The van der Waals surface area contributed by atoms with E-state index in [0.717, 1.165) is 15.2 Å². The minimum Gasteiger partial charge on any atom is -0.332 e. The molecule has 0 aliphatic carbocycles. The summed E-state index contributed by atoms with van der Waals surface area (Å²) in [4.78, 5) is 32.3. The topological polar surface area (TPSA) is 53.5 Å². The van der Waals surface area contributed by atoms with Crippen molar-refractivity contribution in [2.75, 3.05) is 7.05 Å². The first kappa shape index (κ1) is 14.0. The third kappa shape index (κ3) is 2.29. The minimum absolute atomic E-state index is 0.0242. The van der Waals surface area contributed by atoms with Crippen molar-refractivity contribution in [3.05, 3.63) is 29.3 Å². The van der Waals surface area contributed by atoms with E-state index >= 15 is 0 Å². The van der Waals surface area contributed by atoms with Crippen LogP contribution in [0.25, 0.3) is 10.2 Å². The first-order chi connectivity index (χ1) is 9.99. The van der Waals surface area contributed by atoms with Crippen molar-refractivity contribution in [3.63, 3.8) is 0 Å². The van der Waals surface area contributed by atoms with E-state index in [2.05, 4.69) is 4.98 Å². The van der Waals surface area contributed by atoms with Crippen molar-refractivity contribution < 1.29 is 9.59 Å². The van der Waals surface area contributed by atoms with Gasteiger partial charge in [-0.2, -0.15) is 0 Å². The Hall–Kier alpha value is -1.95. The predicted molar refractivity (Wildman–Crippen MR) is 81.9 cm³/mol. The van der Waals surface area contributed by atoms with Gasteiger partial charge < -0.3 is 9.80 Å². The number of carbonyl (C=O) groups is 2. The smallest absolute Gasteiger partial charge is 0.246 e. The van der Waals surface area contributed by atoms with Crippen LogP contribution in [-0.2, 0) is 16.1 Å². The van der Waals surface area contributed by atoms with Gasteiger partial charge in [-0.15, -0.1) is 11.3 Å². The highest BCUT2D eigenvalue weighted by Crippen LogP contribution is 2.25. The van der Waals surface area contributed by atoms with Gasteiger partial charge >= 0.3 is 0 Å². The molecule has 0 bridgehead atoms. The molecule has 1 aliphatic heterocycles. The highest BCUT2D eigenvalue weighted by atomic mass is 32.1. The van der Waals surface area contributed by atoms with Crippen molar-refractivity contribution >= 4 is 33.4 Å². The molecule has 2 heterocycles. The zero-order chi connectivity index (χ0) is 15.1. The third-order valence-corrected chi connectivity index (χ3v) is 5.06. The zero-order valence-electron chi connectivity index (χ0n) is 12.2. The number of thiazole rings is 1. The number of amides is 2. The maximum Gasteiger partial charge on any atom is 0.246 e. The summed E-state index contributed by atoms with van der Waals surface area (Å²) in [5.41, 5.74) is 0.936. The standard InChI is InChI=1S/C15H17N3O2S/c1-9-15(20)18(10(2)14(19)17(9)3)8-13-16-11-6-4-5-7-12(11)21-13/h4-7,9-10H,8H2,1-3H3/t9-,10-/m0/s1. The van der Waals surface area contributed by atoms with E-state index < -0.39 is 12.1 Å². The van der Waals surface area contributed by atoms with Crippen molar-refractivity contribution in [1.82, 2.24) is 14.8 Å². The number of nitrogens with zero attached hydrogens (tertiary/aromatic N) is 3. The number of hydrogen-bond donors (Lipinski definition) is 0. The predicted octanol–water partition coefficient (Wildman–Crippen LogP) is 1.87. The molecule has 2 aromatic rings. The molecule has 2 amide bonds. The van der Waals surface area contributed by atoms with Crippen LogP contribution in [0.1, 0.15) is 18.9 Å². The van der Waals surface area contributed by atoms with E-state index in [9.17, 15) is 9.59 Å². The summed E-state index contributed by atoms with van der Waals surface area (Å²) in [7, 11) is 1.68. The largest absolute Gasteiger partial charge is 0.332 e. The Morgan fingerprint density at radius 1 is 1.14 bits per heavy atom. The van der Waals surface area contributed by atoms with Gasteiger partial charge in [0.1, 0.15) is 17.1 Å². The van der Waals surface area contributed by atoms with Gasteiger partial charge in [0.05, 0.1) is 16.8 Å². The van der Waals surface area contributed by atoms with Crippen LogP contribution < -0.4 is 0 Å². The average Bonchev–Trinajstić information content (AvgIpc) is 2.90. The fraction of sp³-hybridized carbons (Fsp3) is 0.400. The summed E-state index contributed by atoms with van der Waals surface area (Å²) in [6, 6.07) is 7.03. The summed E-state index contributed by atoms with van der Waals surface area (Å²) in [6.07, 6.45) is 0. The number of aromatic nitrogens is 1. The van der Waals surface area contributed by atoms with Crippen LogP contribution in [0.3, 0.4) is 0 Å². The Bertz CT molecular complexity index is 679. The molecule has 21 heavy (non-hydrogen) atoms. The lowest BCUT2D eigenvalue weighted by molar-refractivity contribution is -0.159. The van der Waals surface area contributed by atoms with Crippen LogP contribution in [0, 0.1) is 0 Å². The summed E-state index contributed by atoms with van der Waals surface area (Å²) in [5, 5.41) is 0.862. The van der Waals surface area contributed by atoms with E-state index in [1.54, 1.807) is 37.1 Å². The summed E-state index contributed by atoms with van der Waals surface area (Å²) in [5.74, 6) is -0.0490. The number of carbonyl (C=O) groups excluding carboxylic acids is 2. The lowest BCUT2D eigenvalue weighted by Crippen LogP contribution is -2.61. The molecule has 5 nitrogen and oxygen atoms in total. The van der Waals surface area contributed by atoms with E-state index in [4.69, 9.17) is 0 Å². The van der Waals surface area contributed by atoms with Crippen LogP contribution in [0.15, 0.2) is 24.3 Å². The van der Waals surface area contributed by atoms with Gasteiger partial charge in [0.15, 0.2) is 0 Å². The molecule has 1 aromatic heterocycles. The lowest BCUT2D eigenvalue weighted by atomic mass is 10.1. The average molecular weight is 303 g/mol. The molecule has 2 atom stereocenters. The molecule has 110 valence electrons. The molecule has 6 heteroatoms. The third-order valence-electron chi connectivity index (χ3n) is 4.04. The first-order valence-corrected chi connectivity index (χ1v) is 7.72. The second-order valence-electron chi connectivity index (χ2n) is 5.34. The van der Waals surface area contributed by atoms with Crippen LogP contribution in [0.5, 0.6) is 0 Å². The van der Waals surface area contributed by atoms with Crippen molar-refractivity contribution in [3.8, 4) is 0 Å². The number of hydrogen-bond acceptors (Lipinski definition) is 4. The molecule has 1 aromatic carbocycles. The SMILES string of the molecule is C[C@H]1C(=O)N(Cc2nc3ccccc3s2)[C@@H](C)C(=O)N1C. The van der Waals surface area contributed by atoms with Crippen molar-refractivity contribution in [2.45, 2.75) is 32.5 Å². The van der Waals surface area contributed by atoms with Crippen LogP contribution >= 0.6 is 11.3 Å². The normalized spacial score (nSPS) is 23.2. The summed E-state index contributed by atoms with van der Waals surface area (Å²) in [6.45, 7) is 3.93. The molecule has 0 unspecified atom stereocenters. The minimum atomic E-state index is -0.439. The maximum absolute atomic E-state index is 12.4. The summed E-state index contributed by atoms with van der Waals surface area (Å²) >= 11 is 1.57. The highest BCUT2D eigenvalue weighted by molar-refractivity contribution is 7.18. The fourth-order valence-electron chi connectivity index (χ4n) is 2.56. The van der Waals surface area contributed by atoms with Crippen molar-refractivity contribution in [2.24, 2.45) is 0 Å². The Morgan fingerprint density at radius 2 is 1.86 bits per heavy atom.